The molecule has 31 heavy (non-hydrogen) atoms. The van der Waals surface area contributed by atoms with Crippen molar-refractivity contribution in [3.63, 3.8) is 0 Å². The van der Waals surface area contributed by atoms with Gasteiger partial charge in [-0.1, -0.05) is 57.2 Å². The van der Waals surface area contributed by atoms with Crippen LogP contribution in [0.4, 0.5) is 0 Å². The van der Waals surface area contributed by atoms with E-state index in [2.05, 4.69) is 6.92 Å². The van der Waals surface area contributed by atoms with Crippen molar-refractivity contribution in [1.82, 2.24) is 0 Å². The molecule has 0 unspecified atom stereocenters. The van der Waals surface area contributed by atoms with Gasteiger partial charge in [0.15, 0.2) is 0 Å². The first-order chi connectivity index (χ1) is 14.5. The number of carbonyl (C=O) groups is 1. The van der Waals surface area contributed by atoms with Gasteiger partial charge < -0.3 is 4.74 Å². The molecule has 10 heteroatoms. The van der Waals surface area contributed by atoms with Gasteiger partial charge in [-0.05, 0) is 42.8 Å². The molecule has 0 saturated carbocycles. The van der Waals surface area contributed by atoms with Gasteiger partial charge in [0, 0.05) is 6.42 Å². The Balaban J connectivity index is 0.000000399. The first-order valence-corrected chi connectivity index (χ1v) is 12.7. The van der Waals surface area contributed by atoms with Crippen LogP contribution in [0.25, 0.3) is 0 Å². The number of benzene rings is 2. The normalized spacial score (nSPS) is 11.3. The number of hydrogen-bond donors (Lipinski definition) is 2. The van der Waals surface area contributed by atoms with E-state index in [1.165, 1.54) is 55.7 Å². The molecule has 0 amide bonds. The monoisotopic (exact) mass is 472 g/mol. The van der Waals surface area contributed by atoms with Gasteiger partial charge in [0.2, 0.25) is 0 Å². The summed E-state index contributed by atoms with van der Waals surface area (Å²) in [6.07, 6.45) is 6.91. The lowest BCUT2D eigenvalue weighted by Gasteiger charge is -2.05. The molecule has 2 rings (SSSR count). The highest BCUT2D eigenvalue weighted by Crippen LogP contribution is 2.17. The molecule has 0 saturated heterocycles. The van der Waals surface area contributed by atoms with Crippen LogP contribution in [0, 0.1) is 0 Å². The first kappa shape index (κ1) is 26.8. The highest BCUT2D eigenvalue weighted by molar-refractivity contribution is 7.86. The zero-order valence-corrected chi connectivity index (χ0v) is 18.9. The van der Waals surface area contributed by atoms with E-state index in [9.17, 15) is 21.6 Å². The molecule has 0 fully saturated rings. The van der Waals surface area contributed by atoms with Crippen molar-refractivity contribution >= 4 is 26.2 Å². The maximum atomic E-state index is 11.6. The Labute approximate surface area is 183 Å². The Morgan fingerprint density at radius 3 is 1.71 bits per heavy atom. The van der Waals surface area contributed by atoms with Gasteiger partial charge in [-0.3, -0.25) is 13.9 Å². The topological polar surface area (TPSA) is 135 Å². The Morgan fingerprint density at radius 2 is 1.23 bits per heavy atom. The maximum absolute atomic E-state index is 11.6. The summed E-state index contributed by atoms with van der Waals surface area (Å²) in [5, 5.41) is 0. The average Bonchev–Trinajstić information content (AvgIpc) is 2.71. The van der Waals surface area contributed by atoms with E-state index in [0.717, 1.165) is 19.3 Å². The van der Waals surface area contributed by atoms with Gasteiger partial charge in [-0.2, -0.15) is 16.8 Å². The smallest absolute Gasteiger partial charge is 0.311 e. The molecule has 0 aliphatic carbocycles. The number of carbonyl (C=O) groups excluding carboxylic acids is 1. The highest BCUT2D eigenvalue weighted by atomic mass is 32.2. The van der Waals surface area contributed by atoms with Gasteiger partial charge in [0.05, 0.1) is 9.79 Å². The third-order valence-electron chi connectivity index (χ3n) is 4.13. The molecule has 0 atom stereocenters. The summed E-state index contributed by atoms with van der Waals surface area (Å²) >= 11 is 0. The van der Waals surface area contributed by atoms with Crippen LogP contribution in [0.3, 0.4) is 0 Å². The van der Waals surface area contributed by atoms with E-state index in [4.69, 9.17) is 13.8 Å². The number of hydrogen-bond acceptors (Lipinski definition) is 6. The molecule has 0 aliphatic rings. The number of rotatable bonds is 10. The summed E-state index contributed by atoms with van der Waals surface area (Å²) in [5.74, 6) is -0.0523. The van der Waals surface area contributed by atoms with Crippen molar-refractivity contribution in [1.29, 1.82) is 0 Å². The van der Waals surface area contributed by atoms with E-state index in [0.29, 0.717) is 6.42 Å². The van der Waals surface area contributed by atoms with Crippen LogP contribution < -0.4 is 4.74 Å². The molecular formula is C21H28O8S2. The molecule has 0 aliphatic heterocycles. The van der Waals surface area contributed by atoms with E-state index in [1.54, 1.807) is 18.2 Å². The largest absolute Gasteiger partial charge is 0.427 e. The van der Waals surface area contributed by atoms with Gasteiger partial charge in [0.25, 0.3) is 20.2 Å². The molecule has 0 spiro atoms. The third kappa shape index (κ3) is 11.6. The minimum Gasteiger partial charge on any atom is -0.427 e. The van der Waals surface area contributed by atoms with Gasteiger partial charge in [-0.15, -0.1) is 0 Å². The molecule has 8 nitrogen and oxygen atoms in total. The average molecular weight is 473 g/mol. The fourth-order valence-electron chi connectivity index (χ4n) is 2.50. The second-order valence-corrected chi connectivity index (χ2v) is 9.57. The summed E-state index contributed by atoms with van der Waals surface area (Å²) in [6.45, 7) is 2.16. The molecule has 2 aromatic carbocycles. The zero-order chi connectivity index (χ0) is 23.3. The number of esters is 1. The molecule has 0 radical (unpaired) electrons. The number of unbranched alkanes of at least 4 members (excludes halogenated alkanes) is 5. The standard InChI is InChI=1S/C15H22O5S.C6H6O3S/c1-2-3-4-5-6-7-8-15(16)20-13-9-11-14(12-10-13)21(17,18)19;7-10(8,9)6-4-2-1-3-5-6/h9-12H,2-8H2,1H3,(H,17,18,19);1-5H,(H,7,8,9). The van der Waals surface area contributed by atoms with Gasteiger partial charge in [0.1, 0.15) is 5.75 Å². The molecule has 2 N–H and O–H groups in total. The second-order valence-electron chi connectivity index (χ2n) is 6.73. The lowest BCUT2D eigenvalue weighted by Crippen LogP contribution is -2.07. The van der Waals surface area contributed by atoms with Crippen molar-refractivity contribution in [3.8, 4) is 5.75 Å². The summed E-state index contributed by atoms with van der Waals surface area (Å²) in [7, 11) is -8.22. The molecule has 0 heterocycles. The predicted octanol–water partition coefficient (Wildman–Crippen LogP) is 4.52. The Kier molecular flexibility index (Phi) is 11.4. The Hall–Kier alpha value is -2.27. The van der Waals surface area contributed by atoms with E-state index >= 15 is 0 Å². The Bertz CT molecular complexity index is 999. The van der Waals surface area contributed by atoms with Gasteiger partial charge in [-0.25, -0.2) is 0 Å². The molecule has 172 valence electrons. The van der Waals surface area contributed by atoms with E-state index in [-0.39, 0.29) is 21.5 Å². The molecule has 2 aromatic rings. The lowest BCUT2D eigenvalue weighted by atomic mass is 10.1. The van der Waals surface area contributed by atoms with Crippen LogP contribution in [0.15, 0.2) is 64.4 Å². The minimum absolute atomic E-state index is 0.0741. The second kappa shape index (κ2) is 13.2. The summed E-state index contributed by atoms with van der Waals surface area (Å²) in [5.41, 5.74) is 0. The fourth-order valence-corrected chi connectivity index (χ4v) is 3.49. The fraction of sp³-hybridized carbons (Fsp3) is 0.381. The third-order valence-corrected chi connectivity index (χ3v) is 5.86. The quantitative estimate of drug-likeness (QED) is 0.223. The molecular weight excluding hydrogens is 444 g/mol. The van der Waals surface area contributed by atoms with Crippen molar-refractivity contribution in [2.24, 2.45) is 0 Å². The SMILES string of the molecule is CCCCCCCCC(=O)Oc1ccc(S(=O)(=O)O)cc1.O=S(=O)(O)c1ccccc1. The lowest BCUT2D eigenvalue weighted by molar-refractivity contribution is -0.134. The highest BCUT2D eigenvalue weighted by Gasteiger charge is 2.10. The molecule has 0 bridgehead atoms. The van der Waals surface area contributed by atoms with Crippen LogP contribution >= 0.6 is 0 Å². The number of ether oxygens (including phenoxy) is 1. The van der Waals surface area contributed by atoms with Crippen molar-refractivity contribution < 1.29 is 35.5 Å². The predicted molar refractivity (Wildman–Crippen MR) is 116 cm³/mol. The van der Waals surface area contributed by atoms with Gasteiger partial charge >= 0.3 is 5.97 Å². The van der Waals surface area contributed by atoms with Crippen molar-refractivity contribution in [3.05, 3.63) is 54.6 Å². The van der Waals surface area contributed by atoms with Crippen molar-refractivity contribution in [2.45, 2.75) is 61.7 Å². The Morgan fingerprint density at radius 1 is 0.742 bits per heavy atom. The van der Waals surface area contributed by atoms with Crippen LogP contribution in [0.2, 0.25) is 0 Å². The minimum atomic E-state index is -4.21. The summed E-state index contributed by atoms with van der Waals surface area (Å²) in [4.78, 5) is 11.3. The van der Waals surface area contributed by atoms with Crippen molar-refractivity contribution in [2.75, 3.05) is 0 Å². The maximum Gasteiger partial charge on any atom is 0.311 e. The zero-order valence-electron chi connectivity index (χ0n) is 17.3. The van der Waals surface area contributed by atoms with E-state index in [1.807, 2.05) is 0 Å². The first-order valence-electron chi connectivity index (χ1n) is 9.85. The molecule has 0 aromatic heterocycles. The summed E-state index contributed by atoms with van der Waals surface area (Å²) in [6, 6.07) is 12.5. The summed E-state index contributed by atoms with van der Waals surface area (Å²) < 4.78 is 64.9. The van der Waals surface area contributed by atoms with Crippen LogP contribution in [0.5, 0.6) is 5.75 Å². The van der Waals surface area contributed by atoms with E-state index < -0.39 is 20.2 Å². The van der Waals surface area contributed by atoms with Crippen LogP contribution in [0.1, 0.15) is 51.9 Å². The van der Waals surface area contributed by atoms with Crippen LogP contribution in [-0.2, 0) is 25.0 Å². The van der Waals surface area contributed by atoms with Crippen LogP contribution in [-0.4, -0.2) is 31.9 Å².